The molecule has 1 aliphatic heterocycles. The van der Waals surface area contributed by atoms with Crippen molar-refractivity contribution >= 4 is 10.8 Å². The molecule has 0 amide bonds. The lowest BCUT2D eigenvalue weighted by molar-refractivity contribution is -0.00741. The summed E-state index contributed by atoms with van der Waals surface area (Å²) in [5.41, 5.74) is 3.39. The normalized spacial score (nSPS) is 19.9. The predicted octanol–water partition coefficient (Wildman–Crippen LogP) is 7.25. The van der Waals surface area contributed by atoms with Gasteiger partial charge in [0.25, 0.3) is 0 Å². The van der Waals surface area contributed by atoms with Crippen LogP contribution >= 0.6 is 0 Å². The van der Waals surface area contributed by atoms with Crippen molar-refractivity contribution in [1.29, 1.82) is 0 Å². The molecule has 1 saturated heterocycles. The van der Waals surface area contributed by atoms with Gasteiger partial charge in [0.2, 0.25) is 0 Å². The number of hydrogen-bond acceptors (Lipinski definition) is 3. The van der Waals surface area contributed by atoms with E-state index in [1.54, 1.807) is 12.1 Å². The monoisotopic (exact) mass is 483 g/mol. The number of rotatable bonds is 9. The average Bonchev–Trinajstić information content (AvgIpc) is 2.92. The molecule has 0 bridgehead atoms. The van der Waals surface area contributed by atoms with Crippen molar-refractivity contribution in [1.82, 2.24) is 5.32 Å². The third-order valence-electron chi connectivity index (χ3n) is 7.16. The molecule has 4 aromatic rings. The summed E-state index contributed by atoms with van der Waals surface area (Å²) >= 11 is 0. The third-order valence-corrected chi connectivity index (χ3v) is 7.16. The molecule has 3 nitrogen and oxygen atoms in total. The van der Waals surface area contributed by atoms with Gasteiger partial charge in [-0.15, -0.1) is 0 Å². The zero-order valence-electron chi connectivity index (χ0n) is 20.8. The highest BCUT2D eigenvalue weighted by Crippen LogP contribution is 2.36. The van der Waals surface area contributed by atoms with E-state index < -0.39 is 0 Å². The second-order valence-electron chi connectivity index (χ2n) is 9.72. The van der Waals surface area contributed by atoms with Gasteiger partial charge in [0.05, 0.1) is 12.7 Å². The number of piperidine rings is 1. The van der Waals surface area contributed by atoms with E-state index in [4.69, 9.17) is 9.47 Å². The van der Waals surface area contributed by atoms with Gasteiger partial charge in [-0.25, -0.2) is 4.39 Å². The van der Waals surface area contributed by atoms with Gasteiger partial charge in [-0.2, -0.15) is 0 Å². The number of ether oxygens (including phenoxy) is 2. The summed E-state index contributed by atoms with van der Waals surface area (Å²) < 4.78 is 26.5. The fourth-order valence-corrected chi connectivity index (χ4v) is 5.43. The molecular formula is C32H34FNO2. The van der Waals surface area contributed by atoms with Crippen molar-refractivity contribution in [2.75, 3.05) is 13.1 Å². The van der Waals surface area contributed by atoms with Gasteiger partial charge < -0.3 is 14.8 Å². The van der Waals surface area contributed by atoms with Gasteiger partial charge in [-0.3, -0.25) is 0 Å². The Balaban J connectivity index is 1.37. The minimum atomic E-state index is -0.198. The quantitative estimate of drug-likeness (QED) is 0.272. The second kappa shape index (κ2) is 11.7. The van der Waals surface area contributed by atoms with Crippen molar-refractivity contribution in [3.8, 4) is 5.75 Å². The molecule has 4 heteroatoms. The fraction of sp³-hybridized carbons (Fsp3) is 0.312. The van der Waals surface area contributed by atoms with Crippen molar-refractivity contribution in [3.05, 3.63) is 114 Å². The van der Waals surface area contributed by atoms with Gasteiger partial charge in [0.1, 0.15) is 18.2 Å². The first-order valence-corrected chi connectivity index (χ1v) is 13.0. The van der Waals surface area contributed by atoms with E-state index in [9.17, 15) is 4.39 Å². The molecule has 1 aliphatic rings. The van der Waals surface area contributed by atoms with Crippen LogP contribution in [0.5, 0.6) is 5.75 Å². The topological polar surface area (TPSA) is 30.5 Å². The molecule has 0 aromatic heterocycles. The summed E-state index contributed by atoms with van der Waals surface area (Å²) in [6, 6.07) is 29.8. The van der Waals surface area contributed by atoms with Crippen LogP contribution in [0.15, 0.2) is 91.0 Å². The lowest BCUT2D eigenvalue weighted by atomic mass is 9.77. The zero-order chi connectivity index (χ0) is 24.7. The maximum atomic E-state index is 13.6. The molecule has 3 unspecified atom stereocenters. The van der Waals surface area contributed by atoms with Crippen molar-refractivity contribution in [2.45, 2.75) is 45.0 Å². The predicted molar refractivity (Wildman–Crippen MR) is 144 cm³/mol. The first-order chi connectivity index (χ1) is 17.7. The van der Waals surface area contributed by atoms with Crippen LogP contribution in [0.25, 0.3) is 10.8 Å². The average molecular weight is 484 g/mol. The third kappa shape index (κ3) is 5.77. The van der Waals surface area contributed by atoms with E-state index in [1.165, 1.54) is 0 Å². The Morgan fingerprint density at radius 2 is 1.61 bits per heavy atom. The lowest BCUT2D eigenvalue weighted by Crippen LogP contribution is -2.46. The highest BCUT2D eigenvalue weighted by atomic mass is 19.1. The molecule has 186 valence electrons. The number of hydrogen-bond donors (Lipinski definition) is 1. The molecule has 3 atom stereocenters. The summed E-state index contributed by atoms with van der Waals surface area (Å²) in [7, 11) is 0. The minimum Gasteiger partial charge on any atom is -0.488 e. The summed E-state index contributed by atoms with van der Waals surface area (Å²) in [5.74, 6) is 1.37. The zero-order valence-corrected chi connectivity index (χ0v) is 20.8. The van der Waals surface area contributed by atoms with Crippen molar-refractivity contribution in [2.24, 2.45) is 5.92 Å². The number of halogens is 1. The molecule has 1 N–H and O–H groups in total. The van der Waals surface area contributed by atoms with E-state index in [1.807, 2.05) is 36.4 Å². The molecule has 0 aliphatic carbocycles. The first kappa shape index (κ1) is 24.5. The van der Waals surface area contributed by atoms with Crippen LogP contribution in [-0.2, 0) is 18.0 Å². The van der Waals surface area contributed by atoms with Gasteiger partial charge in [-0.05, 0) is 65.2 Å². The standard InChI is InChI=1S/C32H34FNO2/c1-2-8-27-19-34-20-31(32(27)25-13-15-28(33)16-14-25)36-22-24-17-26-11-6-7-12-29(26)30(18-24)35-21-23-9-4-3-5-10-23/h3-7,9-18,27,31-32,34H,2,8,19-22H2,1H3. The molecule has 4 aromatic carbocycles. The molecule has 0 radical (unpaired) electrons. The van der Waals surface area contributed by atoms with Crippen LogP contribution in [0.1, 0.15) is 42.4 Å². The Morgan fingerprint density at radius 1 is 0.833 bits per heavy atom. The number of nitrogens with one attached hydrogen (secondary N) is 1. The molecule has 5 rings (SSSR count). The van der Waals surface area contributed by atoms with Crippen LogP contribution in [0.4, 0.5) is 4.39 Å². The Kier molecular flexibility index (Phi) is 7.95. The highest BCUT2D eigenvalue weighted by molar-refractivity contribution is 5.89. The lowest BCUT2D eigenvalue weighted by Gasteiger charge is -2.39. The van der Waals surface area contributed by atoms with Crippen LogP contribution in [0.3, 0.4) is 0 Å². The van der Waals surface area contributed by atoms with Crippen LogP contribution in [0, 0.1) is 11.7 Å². The molecular weight excluding hydrogens is 449 g/mol. The maximum absolute atomic E-state index is 13.6. The van der Waals surface area contributed by atoms with Gasteiger partial charge >= 0.3 is 0 Å². The van der Waals surface area contributed by atoms with Gasteiger partial charge in [-0.1, -0.05) is 80.1 Å². The Labute approximate surface area is 213 Å². The molecule has 36 heavy (non-hydrogen) atoms. The summed E-state index contributed by atoms with van der Waals surface area (Å²) in [6.07, 6.45) is 2.24. The van der Waals surface area contributed by atoms with E-state index in [0.717, 1.165) is 59.1 Å². The van der Waals surface area contributed by atoms with Crippen LogP contribution in [0.2, 0.25) is 0 Å². The second-order valence-corrected chi connectivity index (χ2v) is 9.72. The van der Waals surface area contributed by atoms with Crippen LogP contribution in [-0.4, -0.2) is 19.2 Å². The Morgan fingerprint density at radius 3 is 2.42 bits per heavy atom. The summed E-state index contributed by atoms with van der Waals surface area (Å²) in [6.45, 7) is 4.98. The summed E-state index contributed by atoms with van der Waals surface area (Å²) in [4.78, 5) is 0. The molecule has 0 saturated carbocycles. The maximum Gasteiger partial charge on any atom is 0.127 e. The largest absolute Gasteiger partial charge is 0.488 e. The Bertz CT molecular complexity index is 1260. The van der Waals surface area contributed by atoms with Crippen molar-refractivity contribution < 1.29 is 13.9 Å². The molecule has 1 heterocycles. The van der Waals surface area contributed by atoms with E-state index in [2.05, 4.69) is 54.7 Å². The van der Waals surface area contributed by atoms with Gasteiger partial charge in [0, 0.05) is 17.8 Å². The smallest absolute Gasteiger partial charge is 0.127 e. The number of benzene rings is 4. The first-order valence-electron chi connectivity index (χ1n) is 13.0. The van der Waals surface area contributed by atoms with E-state index in [0.29, 0.717) is 19.1 Å². The van der Waals surface area contributed by atoms with E-state index in [-0.39, 0.29) is 17.8 Å². The SMILES string of the molecule is CCCC1CNCC(OCc2cc(OCc3ccccc3)c3ccccc3c2)C1c1ccc(F)cc1. The highest BCUT2D eigenvalue weighted by Gasteiger charge is 2.34. The van der Waals surface area contributed by atoms with Crippen LogP contribution < -0.4 is 10.1 Å². The minimum absolute atomic E-state index is 0.0147. The molecule has 0 spiro atoms. The molecule has 1 fully saturated rings. The fourth-order valence-electron chi connectivity index (χ4n) is 5.43. The summed E-state index contributed by atoms with van der Waals surface area (Å²) in [5, 5.41) is 5.81. The Hall–Kier alpha value is -3.21. The van der Waals surface area contributed by atoms with Crippen molar-refractivity contribution in [3.63, 3.8) is 0 Å². The number of fused-ring (bicyclic) bond motifs is 1. The van der Waals surface area contributed by atoms with E-state index >= 15 is 0 Å². The van der Waals surface area contributed by atoms with Gasteiger partial charge in [0.15, 0.2) is 0 Å².